The van der Waals surface area contributed by atoms with Crippen molar-refractivity contribution in [2.75, 3.05) is 0 Å². The molecule has 0 radical (unpaired) electrons. The zero-order chi connectivity index (χ0) is 19.3. The fourth-order valence-electron chi connectivity index (χ4n) is 4.57. The fraction of sp³-hybridized carbons (Fsp3) is 0.154. The third-order valence-corrected chi connectivity index (χ3v) is 6.00. The third kappa shape index (κ3) is 2.49. The Kier molecular flexibility index (Phi) is 3.87. The van der Waals surface area contributed by atoms with Crippen molar-refractivity contribution in [2.24, 2.45) is 14.1 Å². The van der Waals surface area contributed by atoms with E-state index in [0.29, 0.717) is 0 Å². The second-order valence-electron chi connectivity index (χ2n) is 7.67. The smallest absolute Gasteiger partial charge is 0.196 e. The number of hydrogen-bond donors (Lipinski definition) is 0. The highest BCUT2D eigenvalue weighted by Crippen LogP contribution is 2.42. The van der Waals surface area contributed by atoms with Crippen molar-refractivity contribution < 1.29 is 9.13 Å². The van der Waals surface area contributed by atoms with Gasteiger partial charge in [-0.1, -0.05) is 36.4 Å². The van der Waals surface area contributed by atoms with Crippen LogP contribution in [0.1, 0.15) is 16.7 Å². The van der Waals surface area contributed by atoms with Crippen molar-refractivity contribution in [1.82, 2.24) is 0 Å². The summed E-state index contributed by atoms with van der Waals surface area (Å²) in [5, 5.41) is 0. The first-order valence-electron chi connectivity index (χ1n) is 9.80. The molecule has 0 N–H and O–H groups in total. The zero-order valence-electron chi connectivity index (χ0n) is 16.6. The molecule has 2 heterocycles. The van der Waals surface area contributed by atoms with Gasteiger partial charge in [-0.15, -0.1) is 0 Å². The van der Waals surface area contributed by atoms with Gasteiger partial charge in [-0.3, -0.25) is 0 Å². The molecule has 0 spiro atoms. The quantitative estimate of drug-likeness (QED) is 0.406. The molecular formula is C26H24N2+2. The molecule has 2 nitrogen and oxygen atoms in total. The van der Waals surface area contributed by atoms with Crippen LogP contribution in [-0.4, -0.2) is 0 Å². The van der Waals surface area contributed by atoms with Crippen molar-refractivity contribution >= 4 is 0 Å². The van der Waals surface area contributed by atoms with Gasteiger partial charge >= 0.3 is 0 Å². The molecule has 0 aliphatic heterocycles. The molecule has 1 aliphatic carbocycles. The summed E-state index contributed by atoms with van der Waals surface area (Å²) >= 11 is 0. The Balaban J connectivity index is 1.74. The molecule has 0 unspecified atom stereocenters. The Morgan fingerprint density at radius 1 is 0.679 bits per heavy atom. The predicted octanol–water partition coefficient (Wildman–Crippen LogP) is 4.55. The van der Waals surface area contributed by atoms with Crippen molar-refractivity contribution in [3.8, 4) is 33.8 Å². The molecule has 0 atom stereocenters. The first kappa shape index (κ1) is 16.9. The SMILES string of the molecule is Cc1ccc2c(c1-c1cccc(-c3cccc[n+]3C)[n+]1C)Cc1ccccc1-2. The predicted molar refractivity (Wildman–Crippen MR) is 113 cm³/mol. The molecule has 2 aromatic heterocycles. The highest BCUT2D eigenvalue weighted by molar-refractivity contribution is 5.84. The number of benzene rings is 2. The van der Waals surface area contributed by atoms with Crippen molar-refractivity contribution in [2.45, 2.75) is 13.3 Å². The summed E-state index contributed by atoms with van der Waals surface area (Å²) < 4.78 is 4.51. The minimum atomic E-state index is 1.01. The Morgan fingerprint density at radius 2 is 1.43 bits per heavy atom. The van der Waals surface area contributed by atoms with Crippen LogP contribution in [0.5, 0.6) is 0 Å². The molecule has 28 heavy (non-hydrogen) atoms. The number of nitrogens with zero attached hydrogens (tertiary/aromatic N) is 2. The van der Waals surface area contributed by atoms with Crippen LogP contribution >= 0.6 is 0 Å². The van der Waals surface area contributed by atoms with Gasteiger partial charge in [0, 0.05) is 24.3 Å². The van der Waals surface area contributed by atoms with Crippen molar-refractivity contribution in [3.63, 3.8) is 0 Å². The maximum atomic E-state index is 2.33. The van der Waals surface area contributed by atoms with Gasteiger partial charge in [0.2, 0.25) is 5.69 Å². The normalized spacial score (nSPS) is 12.0. The monoisotopic (exact) mass is 364 g/mol. The second kappa shape index (κ2) is 6.42. The Hall–Kier alpha value is -3.26. The van der Waals surface area contributed by atoms with Gasteiger partial charge in [0.25, 0.3) is 11.4 Å². The van der Waals surface area contributed by atoms with Gasteiger partial charge in [0.05, 0.1) is 5.56 Å². The van der Waals surface area contributed by atoms with E-state index in [-0.39, 0.29) is 0 Å². The summed E-state index contributed by atoms with van der Waals surface area (Å²) in [4.78, 5) is 0. The Bertz CT molecular complexity index is 1220. The first-order chi connectivity index (χ1) is 13.6. The highest BCUT2D eigenvalue weighted by Gasteiger charge is 2.28. The van der Waals surface area contributed by atoms with Crippen molar-refractivity contribution in [1.29, 1.82) is 0 Å². The van der Waals surface area contributed by atoms with Crippen LogP contribution in [-0.2, 0) is 20.5 Å². The average molecular weight is 364 g/mol. The summed E-state index contributed by atoms with van der Waals surface area (Å²) in [6.45, 7) is 2.23. The van der Waals surface area contributed by atoms with Gasteiger partial charge in [-0.25, -0.2) is 0 Å². The van der Waals surface area contributed by atoms with Crippen molar-refractivity contribution in [3.05, 3.63) is 95.7 Å². The number of aryl methyl sites for hydroxylation is 2. The van der Waals surface area contributed by atoms with E-state index in [1.165, 1.54) is 50.5 Å². The molecule has 2 aromatic carbocycles. The average Bonchev–Trinajstić information content (AvgIpc) is 3.08. The molecule has 5 rings (SSSR count). The molecule has 0 fully saturated rings. The molecule has 4 aromatic rings. The molecule has 0 saturated heterocycles. The lowest BCUT2D eigenvalue weighted by Gasteiger charge is -2.12. The van der Waals surface area contributed by atoms with E-state index in [2.05, 4.69) is 109 Å². The van der Waals surface area contributed by atoms with E-state index in [0.717, 1.165) is 6.42 Å². The van der Waals surface area contributed by atoms with Gasteiger partial charge in [-0.2, -0.15) is 9.13 Å². The number of fused-ring (bicyclic) bond motifs is 3. The minimum absolute atomic E-state index is 1.01. The van der Waals surface area contributed by atoms with Gasteiger partial charge < -0.3 is 0 Å². The zero-order valence-corrected chi connectivity index (χ0v) is 16.6. The molecule has 0 saturated carbocycles. The molecular weight excluding hydrogens is 340 g/mol. The maximum Gasteiger partial charge on any atom is 0.277 e. The maximum absolute atomic E-state index is 2.33. The first-order valence-corrected chi connectivity index (χ1v) is 9.80. The minimum Gasteiger partial charge on any atom is -0.196 e. The Morgan fingerprint density at radius 3 is 2.29 bits per heavy atom. The third-order valence-electron chi connectivity index (χ3n) is 6.00. The van der Waals surface area contributed by atoms with Crippen LogP contribution in [0.25, 0.3) is 33.8 Å². The molecule has 1 aliphatic rings. The van der Waals surface area contributed by atoms with Gasteiger partial charge in [-0.05, 0) is 53.3 Å². The summed E-state index contributed by atoms with van der Waals surface area (Å²) in [7, 11) is 4.28. The van der Waals surface area contributed by atoms with E-state index in [9.17, 15) is 0 Å². The van der Waals surface area contributed by atoms with Crippen LogP contribution in [0, 0.1) is 6.92 Å². The topological polar surface area (TPSA) is 7.76 Å². The lowest BCUT2D eigenvalue weighted by molar-refractivity contribution is -0.685. The Labute approximate surface area is 166 Å². The largest absolute Gasteiger partial charge is 0.277 e. The lowest BCUT2D eigenvalue weighted by Crippen LogP contribution is -2.40. The molecule has 0 amide bonds. The lowest BCUT2D eigenvalue weighted by atomic mass is 9.94. The van der Waals surface area contributed by atoms with Crippen LogP contribution < -0.4 is 9.13 Å². The van der Waals surface area contributed by atoms with E-state index >= 15 is 0 Å². The molecule has 0 bridgehead atoms. The molecule has 136 valence electrons. The highest BCUT2D eigenvalue weighted by atomic mass is 15.0. The number of pyridine rings is 2. The van der Waals surface area contributed by atoms with E-state index < -0.39 is 0 Å². The van der Waals surface area contributed by atoms with Crippen LogP contribution in [0.4, 0.5) is 0 Å². The summed E-state index contributed by atoms with van der Waals surface area (Å²) in [5.41, 5.74) is 12.0. The van der Waals surface area contributed by atoms with Crippen LogP contribution in [0.2, 0.25) is 0 Å². The number of hydrogen-bond acceptors (Lipinski definition) is 0. The van der Waals surface area contributed by atoms with Gasteiger partial charge in [0.15, 0.2) is 6.20 Å². The molecule has 2 heteroatoms. The second-order valence-corrected chi connectivity index (χ2v) is 7.67. The number of aromatic nitrogens is 2. The summed E-state index contributed by atoms with van der Waals surface area (Å²) in [6.07, 6.45) is 3.11. The van der Waals surface area contributed by atoms with Crippen LogP contribution in [0.15, 0.2) is 79.0 Å². The fourth-order valence-corrected chi connectivity index (χ4v) is 4.57. The summed E-state index contributed by atoms with van der Waals surface area (Å²) in [5.74, 6) is 0. The number of rotatable bonds is 2. The van der Waals surface area contributed by atoms with E-state index in [1.54, 1.807) is 0 Å². The van der Waals surface area contributed by atoms with Crippen LogP contribution in [0.3, 0.4) is 0 Å². The summed E-state index contributed by atoms with van der Waals surface area (Å²) in [6, 6.07) is 26.3. The van der Waals surface area contributed by atoms with E-state index in [4.69, 9.17) is 0 Å². The standard InChI is InChI=1S/C26H24N2/c1-18-14-15-21-20-10-5-4-9-19(20)17-22(21)26(18)25-13-8-12-24(28(25)3)23-11-6-7-16-27(23)2/h4-16H,17H2,1-3H3/q+2. The van der Waals surface area contributed by atoms with Gasteiger partial charge in [0.1, 0.15) is 14.1 Å². The van der Waals surface area contributed by atoms with E-state index in [1.807, 2.05) is 0 Å².